The number of aliphatic hydroxyl groups is 1. The monoisotopic (exact) mass is 285 g/mol. The van der Waals surface area contributed by atoms with E-state index in [0.717, 1.165) is 33.0 Å². The minimum Gasteiger partial charge on any atom is -0.504 e. The Bertz CT molecular complexity index is 910. The molecule has 0 fully saturated rings. The van der Waals surface area contributed by atoms with E-state index in [2.05, 4.69) is 30.3 Å². The number of fused-ring (bicyclic) bond motifs is 2. The second kappa shape index (κ2) is 4.85. The van der Waals surface area contributed by atoms with Gasteiger partial charge in [0.2, 0.25) is 5.78 Å². The van der Waals surface area contributed by atoms with Crippen LogP contribution in [0.25, 0.3) is 21.5 Å². The first kappa shape index (κ1) is 12.8. The van der Waals surface area contributed by atoms with Gasteiger partial charge in [-0.25, -0.2) is 0 Å². The Balaban J connectivity index is 2.09. The molecular formula is C20H13O2. The second-order valence-electron chi connectivity index (χ2n) is 5.38. The van der Waals surface area contributed by atoms with E-state index in [0.29, 0.717) is 0 Å². The Morgan fingerprint density at radius 1 is 0.773 bits per heavy atom. The summed E-state index contributed by atoms with van der Waals surface area (Å²) >= 11 is 0. The fourth-order valence-corrected chi connectivity index (χ4v) is 3.00. The highest BCUT2D eigenvalue weighted by Gasteiger charge is 2.20. The third-order valence-corrected chi connectivity index (χ3v) is 4.02. The molecule has 2 nitrogen and oxygen atoms in total. The number of rotatable bonds is 1. The third kappa shape index (κ3) is 1.92. The highest BCUT2D eigenvalue weighted by Crippen LogP contribution is 2.36. The van der Waals surface area contributed by atoms with Gasteiger partial charge in [-0.3, -0.25) is 4.79 Å². The number of ketones is 1. The van der Waals surface area contributed by atoms with Crippen molar-refractivity contribution in [1.29, 1.82) is 0 Å². The van der Waals surface area contributed by atoms with Gasteiger partial charge in [-0.15, -0.1) is 0 Å². The molecule has 0 amide bonds. The molecule has 0 heterocycles. The van der Waals surface area contributed by atoms with Crippen LogP contribution >= 0.6 is 0 Å². The lowest BCUT2D eigenvalue weighted by molar-refractivity contribution is -0.113. The van der Waals surface area contributed by atoms with Crippen LogP contribution < -0.4 is 0 Å². The molecule has 2 heteroatoms. The number of allylic oxidation sites excluding steroid dienone is 3. The lowest BCUT2D eigenvalue weighted by Crippen LogP contribution is -2.08. The van der Waals surface area contributed by atoms with Crippen LogP contribution in [0, 0.1) is 5.92 Å². The van der Waals surface area contributed by atoms with Crippen LogP contribution in [0.15, 0.2) is 78.6 Å². The van der Waals surface area contributed by atoms with Gasteiger partial charge in [0.15, 0.2) is 5.76 Å². The lowest BCUT2D eigenvalue weighted by Gasteiger charge is -2.17. The molecule has 1 radical (unpaired) electrons. The van der Waals surface area contributed by atoms with Crippen LogP contribution in [0.3, 0.4) is 0 Å². The summed E-state index contributed by atoms with van der Waals surface area (Å²) in [6.07, 6.45) is 4.74. The molecular weight excluding hydrogens is 272 g/mol. The van der Waals surface area contributed by atoms with Crippen LogP contribution in [-0.4, -0.2) is 10.9 Å². The van der Waals surface area contributed by atoms with E-state index in [-0.39, 0.29) is 11.5 Å². The standard InChI is InChI=1S/C20H13O2/c21-18-10-9-15(12-19(18)22)20-16-7-3-1-5-13(16)11-14-6-2-4-8-17(14)20/h1-12,22H. The Morgan fingerprint density at radius 2 is 1.36 bits per heavy atom. The predicted octanol–water partition coefficient (Wildman–Crippen LogP) is 4.50. The van der Waals surface area contributed by atoms with Crippen LogP contribution in [0.1, 0.15) is 5.56 Å². The molecule has 0 saturated carbocycles. The topological polar surface area (TPSA) is 37.3 Å². The van der Waals surface area contributed by atoms with Crippen molar-refractivity contribution >= 4 is 27.3 Å². The largest absolute Gasteiger partial charge is 0.504 e. The summed E-state index contributed by atoms with van der Waals surface area (Å²) in [6.45, 7) is 0. The van der Waals surface area contributed by atoms with Gasteiger partial charge in [-0.2, -0.15) is 0 Å². The van der Waals surface area contributed by atoms with Crippen LogP contribution in [0.5, 0.6) is 0 Å². The Morgan fingerprint density at radius 3 is 1.95 bits per heavy atom. The van der Waals surface area contributed by atoms with Gasteiger partial charge in [-0.05, 0) is 45.3 Å². The number of aliphatic hydroxyl groups excluding tert-OH is 1. The van der Waals surface area contributed by atoms with E-state index < -0.39 is 0 Å². The van der Waals surface area contributed by atoms with Crippen molar-refractivity contribution in [2.24, 2.45) is 0 Å². The summed E-state index contributed by atoms with van der Waals surface area (Å²) in [4.78, 5) is 11.5. The molecule has 0 unspecified atom stereocenters. The van der Waals surface area contributed by atoms with Crippen LogP contribution in [-0.2, 0) is 4.79 Å². The van der Waals surface area contributed by atoms with Crippen molar-refractivity contribution in [2.45, 2.75) is 0 Å². The van der Waals surface area contributed by atoms with Crippen molar-refractivity contribution in [3.8, 4) is 0 Å². The summed E-state index contributed by atoms with van der Waals surface area (Å²) in [5.74, 6) is 0.285. The number of carbonyl (C=O) groups excluding carboxylic acids is 1. The fourth-order valence-electron chi connectivity index (χ4n) is 3.00. The number of carbonyl (C=O) groups is 1. The molecule has 0 aliphatic heterocycles. The van der Waals surface area contributed by atoms with Gasteiger partial charge in [0.25, 0.3) is 0 Å². The van der Waals surface area contributed by atoms with Gasteiger partial charge in [0.05, 0.1) is 5.92 Å². The molecule has 1 aliphatic carbocycles. The molecule has 0 spiro atoms. The Hall–Kier alpha value is -2.87. The summed E-state index contributed by atoms with van der Waals surface area (Å²) < 4.78 is 0. The maximum absolute atomic E-state index is 11.5. The summed E-state index contributed by atoms with van der Waals surface area (Å²) in [7, 11) is 0. The zero-order chi connectivity index (χ0) is 15.1. The zero-order valence-electron chi connectivity index (χ0n) is 11.8. The van der Waals surface area contributed by atoms with Gasteiger partial charge >= 0.3 is 0 Å². The van der Waals surface area contributed by atoms with Crippen molar-refractivity contribution in [2.75, 3.05) is 0 Å². The van der Waals surface area contributed by atoms with Crippen LogP contribution in [0.4, 0.5) is 0 Å². The molecule has 4 rings (SSSR count). The van der Waals surface area contributed by atoms with Crippen molar-refractivity contribution in [1.82, 2.24) is 0 Å². The SMILES string of the molecule is O=C1C=C[C](c2c3ccccc3cc3ccccc23)C=C1O. The molecule has 3 aromatic carbocycles. The van der Waals surface area contributed by atoms with E-state index in [1.165, 1.54) is 6.08 Å². The summed E-state index contributed by atoms with van der Waals surface area (Å²) in [5.41, 5.74) is 1.05. The molecule has 0 aromatic heterocycles. The molecule has 1 aliphatic rings. The molecule has 22 heavy (non-hydrogen) atoms. The van der Waals surface area contributed by atoms with Gasteiger partial charge < -0.3 is 5.11 Å². The first-order chi connectivity index (χ1) is 10.7. The molecule has 105 valence electrons. The minimum atomic E-state index is -0.353. The summed E-state index contributed by atoms with van der Waals surface area (Å²) in [6, 6.07) is 18.5. The van der Waals surface area contributed by atoms with Gasteiger partial charge in [0, 0.05) is 0 Å². The fraction of sp³-hybridized carbons (Fsp3) is 0. The summed E-state index contributed by atoms with van der Waals surface area (Å²) in [5, 5.41) is 14.3. The van der Waals surface area contributed by atoms with Crippen LogP contribution in [0.2, 0.25) is 0 Å². The molecule has 3 aromatic rings. The predicted molar refractivity (Wildman–Crippen MR) is 88.7 cm³/mol. The minimum absolute atomic E-state index is 0.213. The first-order valence-corrected chi connectivity index (χ1v) is 7.15. The van der Waals surface area contributed by atoms with E-state index in [9.17, 15) is 9.90 Å². The van der Waals surface area contributed by atoms with E-state index in [1.807, 2.05) is 24.3 Å². The molecule has 1 N–H and O–H groups in total. The Kier molecular flexibility index (Phi) is 2.83. The smallest absolute Gasteiger partial charge is 0.219 e. The molecule has 0 saturated heterocycles. The van der Waals surface area contributed by atoms with E-state index in [1.54, 1.807) is 12.2 Å². The maximum Gasteiger partial charge on any atom is 0.219 e. The molecule has 0 atom stereocenters. The number of hydrogen-bond acceptors (Lipinski definition) is 2. The van der Waals surface area contributed by atoms with Crippen molar-refractivity contribution < 1.29 is 9.90 Å². The average Bonchev–Trinajstić information content (AvgIpc) is 2.55. The quantitative estimate of drug-likeness (QED) is 0.668. The molecule has 0 bridgehead atoms. The highest BCUT2D eigenvalue weighted by atomic mass is 16.3. The van der Waals surface area contributed by atoms with E-state index in [4.69, 9.17) is 0 Å². The van der Waals surface area contributed by atoms with Gasteiger partial charge in [0.1, 0.15) is 0 Å². The number of hydrogen-bond donors (Lipinski definition) is 1. The normalized spacial score (nSPS) is 15.5. The third-order valence-electron chi connectivity index (χ3n) is 4.02. The zero-order valence-corrected chi connectivity index (χ0v) is 11.8. The van der Waals surface area contributed by atoms with Crippen molar-refractivity contribution in [3.05, 3.63) is 90.1 Å². The lowest BCUT2D eigenvalue weighted by atomic mass is 9.86. The first-order valence-electron chi connectivity index (χ1n) is 7.15. The highest BCUT2D eigenvalue weighted by molar-refractivity contribution is 6.08. The van der Waals surface area contributed by atoms with Gasteiger partial charge in [-0.1, -0.05) is 54.6 Å². The number of benzene rings is 3. The maximum atomic E-state index is 11.5. The van der Waals surface area contributed by atoms with E-state index >= 15 is 0 Å². The second-order valence-corrected chi connectivity index (χ2v) is 5.38. The van der Waals surface area contributed by atoms with Crippen molar-refractivity contribution in [3.63, 3.8) is 0 Å². The Labute approximate surface area is 128 Å². The average molecular weight is 285 g/mol.